The number of carbonyl (C=O) groups is 2. The number of amides is 2. The highest BCUT2D eigenvalue weighted by molar-refractivity contribution is 7.89. The van der Waals surface area contributed by atoms with E-state index in [4.69, 9.17) is 0 Å². The molecule has 0 unspecified atom stereocenters. The van der Waals surface area contributed by atoms with E-state index in [1.54, 1.807) is 0 Å². The maximum Gasteiger partial charge on any atom is 0.243 e. The van der Waals surface area contributed by atoms with Crippen LogP contribution in [0.25, 0.3) is 0 Å². The highest BCUT2D eigenvalue weighted by Gasteiger charge is 2.53. The average Bonchev–Trinajstić information content (AvgIpc) is 2.81. The number of hydrogen-bond acceptors (Lipinski definition) is 4. The van der Waals surface area contributed by atoms with Crippen LogP contribution in [0.2, 0.25) is 0 Å². The minimum atomic E-state index is -3.76. The number of hydrogen-bond donors (Lipinski definition) is 0. The molecule has 3 aliphatic rings. The summed E-state index contributed by atoms with van der Waals surface area (Å²) in [4.78, 5) is 26.4. The van der Waals surface area contributed by atoms with Gasteiger partial charge in [0.15, 0.2) is 0 Å². The monoisotopic (exact) mass is 378 g/mol. The summed E-state index contributed by atoms with van der Waals surface area (Å²) in [5.74, 6) is -1.46. The van der Waals surface area contributed by atoms with Crippen molar-refractivity contribution in [3.05, 3.63) is 41.7 Å². The first-order chi connectivity index (χ1) is 12.3. The van der Waals surface area contributed by atoms with Gasteiger partial charge in [0.2, 0.25) is 21.8 Å². The Bertz CT molecular complexity index is 895. The highest BCUT2D eigenvalue weighted by atomic mass is 32.2. The first-order valence-electron chi connectivity index (χ1n) is 8.59. The molecule has 2 heterocycles. The number of aryl methyl sites for hydroxylation is 1. The standard InChI is InChI=1S/C18H19FN2O4S/c1-11-8-13(6-7-16(11)19)26(24,25)20-9-12(10-20)21-17(22)14-4-2-3-5-15(14)18(21)23/h2-3,6-8,12,14-15H,4-5,9-10H2,1H3/t14-,15-/m1/s1. The van der Waals surface area contributed by atoms with Crippen molar-refractivity contribution < 1.29 is 22.4 Å². The lowest BCUT2D eigenvalue weighted by Crippen LogP contribution is -2.62. The Balaban J connectivity index is 1.49. The minimum Gasteiger partial charge on any atom is -0.276 e. The third kappa shape index (κ3) is 2.51. The van der Waals surface area contributed by atoms with Crippen molar-refractivity contribution in [3.63, 3.8) is 0 Å². The van der Waals surface area contributed by atoms with Crippen LogP contribution in [-0.4, -0.2) is 48.6 Å². The third-order valence-corrected chi connectivity index (χ3v) is 7.33. The number of benzene rings is 1. The van der Waals surface area contributed by atoms with E-state index in [-0.39, 0.29) is 47.2 Å². The zero-order valence-electron chi connectivity index (χ0n) is 14.3. The number of allylic oxidation sites excluding steroid dienone is 2. The Labute approximate surface area is 151 Å². The van der Waals surface area contributed by atoms with E-state index < -0.39 is 21.9 Å². The fourth-order valence-electron chi connectivity index (χ4n) is 3.89. The molecule has 0 radical (unpaired) electrons. The molecule has 2 amide bonds. The number of nitrogens with zero attached hydrogens (tertiary/aromatic N) is 2. The number of fused-ring (bicyclic) bond motifs is 1. The number of halogens is 1. The van der Waals surface area contributed by atoms with Gasteiger partial charge in [0.1, 0.15) is 5.82 Å². The number of likely N-dealkylation sites (tertiary alicyclic amines) is 1. The first-order valence-corrected chi connectivity index (χ1v) is 10.0. The van der Waals surface area contributed by atoms with Crippen LogP contribution in [0.4, 0.5) is 4.39 Å². The molecule has 26 heavy (non-hydrogen) atoms. The molecular weight excluding hydrogens is 359 g/mol. The Kier molecular flexibility index (Phi) is 4.00. The van der Waals surface area contributed by atoms with Gasteiger partial charge < -0.3 is 0 Å². The predicted molar refractivity (Wildman–Crippen MR) is 90.9 cm³/mol. The lowest BCUT2D eigenvalue weighted by atomic mass is 9.85. The number of imide groups is 1. The van der Waals surface area contributed by atoms with Gasteiger partial charge in [-0.05, 0) is 43.5 Å². The van der Waals surface area contributed by atoms with Crippen LogP contribution in [0, 0.1) is 24.6 Å². The zero-order chi connectivity index (χ0) is 18.6. The van der Waals surface area contributed by atoms with Crippen LogP contribution >= 0.6 is 0 Å². The van der Waals surface area contributed by atoms with E-state index in [2.05, 4.69) is 0 Å². The number of rotatable bonds is 3. The molecule has 0 aromatic heterocycles. The van der Waals surface area contributed by atoms with E-state index in [9.17, 15) is 22.4 Å². The zero-order valence-corrected chi connectivity index (χ0v) is 15.1. The van der Waals surface area contributed by atoms with E-state index in [1.807, 2.05) is 12.2 Å². The van der Waals surface area contributed by atoms with Gasteiger partial charge in [-0.1, -0.05) is 12.2 Å². The molecule has 138 valence electrons. The molecule has 8 heteroatoms. The number of sulfonamides is 1. The van der Waals surface area contributed by atoms with Gasteiger partial charge in [0, 0.05) is 13.1 Å². The fourth-order valence-corrected chi connectivity index (χ4v) is 5.49. The second-order valence-electron chi connectivity index (χ2n) is 7.09. The van der Waals surface area contributed by atoms with E-state index in [0.717, 1.165) is 6.07 Å². The summed E-state index contributed by atoms with van der Waals surface area (Å²) < 4.78 is 39.9. The normalized spacial score (nSPS) is 26.9. The van der Waals surface area contributed by atoms with Crippen molar-refractivity contribution >= 4 is 21.8 Å². The van der Waals surface area contributed by atoms with Gasteiger partial charge in [-0.25, -0.2) is 12.8 Å². The molecule has 6 nitrogen and oxygen atoms in total. The summed E-state index contributed by atoms with van der Waals surface area (Å²) in [7, 11) is -3.76. The van der Waals surface area contributed by atoms with Crippen LogP contribution < -0.4 is 0 Å². The van der Waals surface area contributed by atoms with E-state index in [1.165, 1.54) is 28.3 Å². The first kappa shape index (κ1) is 17.4. The van der Waals surface area contributed by atoms with Gasteiger partial charge in [0.25, 0.3) is 0 Å². The Hall–Kier alpha value is -2.06. The van der Waals surface area contributed by atoms with Crippen LogP contribution in [-0.2, 0) is 19.6 Å². The summed E-state index contributed by atoms with van der Waals surface area (Å²) >= 11 is 0. The predicted octanol–water partition coefficient (Wildman–Crippen LogP) is 1.46. The van der Waals surface area contributed by atoms with Crippen LogP contribution in [0.5, 0.6) is 0 Å². The quantitative estimate of drug-likeness (QED) is 0.590. The summed E-state index contributed by atoms with van der Waals surface area (Å²) in [6.07, 6.45) is 4.97. The lowest BCUT2D eigenvalue weighted by molar-refractivity contribution is -0.145. The van der Waals surface area contributed by atoms with Crippen molar-refractivity contribution in [2.45, 2.75) is 30.7 Å². The third-order valence-electron chi connectivity index (χ3n) is 5.50. The molecule has 0 N–H and O–H groups in total. The van der Waals surface area contributed by atoms with Gasteiger partial charge >= 0.3 is 0 Å². The van der Waals surface area contributed by atoms with Gasteiger partial charge in [-0.3, -0.25) is 14.5 Å². The lowest BCUT2D eigenvalue weighted by Gasteiger charge is -2.42. The number of carbonyl (C=O) groups excluding carboxylic acids is 2. The molecule has 2 fully saturated rings. The Morgan fingerprint density at radius 3 is 2.15 bits per heavy atom. The molecule has 2 saturated heterocycles. The van der Waals surface area contributed by atoms with Crippen LogP contribution in [0.3, 0.4) is 0 Å². The second kappa shape index (κ2) is 5.99. The Morgan fingerprint density at radius 1 is 1.04 bits per heavy atom. The van der Waals surface area contributed by atoms with Gasteiger partial charge in [0.05, 0.1) is 22.8 Å². The van der Waals surface area contributed by atoms with E-state index in [0.29, 0.717) is 12.8 Å². The summed E-state index contributed by atoms with van der Waals surface area (Å²) in [5, 5.41) is 0. The van der Waals surface area contributed by atoms with Crippen molar-refractivity contribution in [1.82, 2.24) is 9.21 Å². The average molecular weight is 378 g/mol. The Morgan fingerprint density at radius 2 is 1.62 bits per heavy atom. The van der Waals surface area contributed by atoms with Gasteiger partial charge in [-0.2, -0.15) is 4.31 Å². The van der Waals surface area contributed by atoms with Gasteiger partial charge in [-0.15, -0.1) is 0 Å². The largest absolute Gasteiger partial charge is 0.276 e. The molecular formula is C18H19FN2O4S. The molecule has 0 bridgehead atoms. The highest BCUT2D eigenvalue weighted by Crippen LogP contribution is 2.38. The second-order valence-corrected chi connectivity index (χ2v) is 9.03. The topological polar surface area (TPSA) is 74.8 Å². The molecule has 4 rings (SSSR count). The fraction of sp³-hybridized carbons (Fsp3) is 0.444. The van der Waals surface area contributed by atoms with Crippen molar-refractivity contribution in [1.29, 1.82) is 0 Å². The van der Waals surface area contributed by atoms with Crippen molar-refractivity contribution in [2.75, 3.05) is 13.1 Å². The van der Waals surface area contributed by atoms with Crippen LogP contribution in [0.1, 0.15) is 18.4 Å². The smallest absolute Gasteiger partial charge is 0.243 e. The minimum absolute atomic E-state index is 0.0202. The van der Waals surface area contributed by atoms with E-state index >= 15 is 0 Å². The molecule has 1 aliphatic carbocycles. The molecule has 1 aromatic carbocycles. The van der Waals surface area contributed by atoms with Crippen molar-refractivity contribution in [3.8, 4) is 0 Å². The maximum atomic E-state index is 13.4. The van der Waals surface area contributed by atoms with Crippen molar-refractivity contribution in [2.24, 2.45) is 11.8 Å². The SMILES string of the molecule is Cc1cc(S(=O)(=O)N2CC(N3C(=O)[C@@H]4CC=CC[C@H]4C3=O)C2)ccc1F. The summed E-state index contributed by atoms with van der Waals surface area (Å²) in [6.45, 7) is 1.68. The van der Waals surface area contributed by atoms with Crippen LogP contribution in [0.15, 0.2) is 35.2 Å². The molecule has 0 saturated carbocycles. The molecule has 1 aromatic rings. The molecule has 0 spiro atoms. The molecule has 2 atom stereocenters. The molecule has 2 aliphatic heterocycles. The maximum absolute atomic E-state index is 13.4. The summed E-state index contributed by atoms with van der Waals surface area (Å²) in [5.41, 5.74) is 0.254. The summed E-state index contributed by atoms with van der Waals surface area (Å²) in [6, 6.07) is 3.24.